The third-order valence-electron chi connectivity index (χ3n) is 3.32. The normalized spacial score (nSPS) is 13.0. The molecule has 3 aromatic rings. The molecule has 0 unspecified atom stereocenters. The predicted octanol–water partition coefficient (Wildman–Crippen LogP) is 2.40. The first kappa shape index (κ1) is 11.2. The Kier molecular flexibility index (Phi) is 2.48. The molecule has 1 aliphatic heterocycles. The topological polar surface area (TPSA) is 52.8 Å². The van der Waals surface area contributed by atoms with Gasteiger partial charge in [0.05, 0.1) is 17.8 Å². The largest absolute Gasteiger partial charge is 0.491 e. The first-order chi connectivity index (χ1) is 9.92. The first-order valence-electron chi connectivity index (χ1n) is 6.47. The summed E-state index contributed by atoms with van der Waals surface area (Å²) in [4.78, 5) is 13.2. The smallest absolute Gasteiger partial charge is 0.146 e. The Morgan fingerprint density at radius 1 is 1.10 bits per heavy atom. The van der Waals surface area contributed by atoms with Gasteiger partial charge in [0.25, 0.3) is 0 Å². The van der Waals surface area contributed by atoms with Crippen molar-refractivity contribution in [3.05, 3.63) is 49.1 Å². The van der Waals surface area contributed by atoms with E-state index in [4.69, 9.17) is 9.72 Å². The summed E-state index contributed by atoms with van der Waals surface area (Å²) in [6, 6.07) is 7.70. The average molecular weight is 264 g/mol. The van der Waals surface area contributed by atoms with Crippen LogP contribution in [0.25, 0.3) is 22.8 Å². The van der Waals surface area contributed by atoms with E-state index in [2.05, 4.69) is 14.5 Å². The number of ether oxygens (including phenoxy) is 1. The fourth-order valence-corrected chi connectivity index (χ4v) is 2.37. The molecule has 0 saturated heterocycles. The Hall–Kier alpha value is -2.69. The van der Waals surface area contributed by atoms with Crippen LogP contribution in [0.15, 0.2) is 49.1 Å². The summed E-state index contributed by atoms with van der Waals surface area (Å²) < 4.78 is 7.81. The second-order valence-electron chi connectivity index (χ2n) is 4.58. The van der Waals surface area contributed by atoms with Crippen molar-refractivity contribution in [1.29, 1.82) is 0 Å². The number of rotatable bonds is 1. The van der Waals surface area contributed by atoms with Crippen LogP contribution in [0.4, 0.5) is 0 Å². The van der Waals surface area contributed by atoms with Crippen molar-refractivity contribution < 1.29 is 4.74 Å². The van der Waals surface area contributed by atoms with Crippen molar-refractivity contribution in [3.63, 3.8) is 0 Å². The molecule has 4 rings (SSSR count). The zero-order chi connectivity index (χ0) is 13.4. The van der Waals surface area contributed by atoms with Gasteiger partial charge < -0.3 is 9.30 Å². The van der Waals surface area contributed by atoms with Gasteiger partial charge in [0.1, 0.15) is 23.9 Å². The van der Waals surface area contributed by atoms with Crippen LogP contribution < -0.4 is 4.74 Å². The molecule has 0 radical (unpaired) electrons. The number of aromatic nitrogens is 4. The van der Waals surface area contributed by atoms with Gasteiger partial charge in [0.2, 0.25) is 0 Å². The number of fused-ring (bicyclic) bond motifs is 3. The van der Waals surface area contributed by atoms with Crippen LogP contribution >= 0.6 is 0 Å². The molecule has 0 amide bonds. The number of nitrogens with zero attached hydrogens (tertiary/aromatic N) is 4. The number of hydrogen-bond donors (Lipinski definition) is 0. The van der Waals surface area contributed by atoms with E-state index in [1.165, 1.54) is 0 Å². The Morgan fingerprint density at radius 2 is 2.10 bits per heavy atom. The highest BCUT2D eigenvalue weighted by Crippen LogP contribution is 2.32. The third kappa shape index (κ3) is 1.75. The minimum Gasteiger partial charge on any atom is -0.491 e. The number of imidazole rings is 1. The summed E-state index contributed by atoms with van der Waals surface area (Å²) in [6.45, 7) is 1.39. The van der Waals surface area contributed by atoms with Gasteiger partial charge in [-0.15, -0.1) is 0 Å². The monoisotopic (exact) mass is 264 g/mol. The highest BCUT2D eigenvalue weighted by Gasteiger charge is 2.19. The molecule has 0 N–H and O–H groups in total. The van der Waals surface area contributed by atoms with Crippen molar-refractivity contribution in [1.82, 2.24) is 19.5 Å². The van der Waals surface area contributed by atoms with Crippen LogP contribution in [0.1, 0.15) is 0 Å². The molecule has 5 heteroatoms. The van der Waals surface area contributed by atoms with Crippen molar-refractivity contribution in [2.75, 3.05) is 6.61 Å². The van der Waals surface area contributed by atoms with E-state index < -0.39 is 0 Å². The van der Waals surface area contributed by atoms with Crippen molar-refractivity contribution in [2.24, 2.45) is 0 Å². The minimum absolute atomic E-state index is 0.627. The molecule has 5 nitrogen and oxygen atoms in total. The maximum atomic E-state index is 5.72. The van der Waals surface area contributed by atoms with E-state index in [0.29, 0.717) is 6.61 Å². The molecule has 0 fully saturated rings. The maximum Gasteiger partial charge on any atom is 0.146 e. The van der Waals surface area contributed by atoms with Crippen LogP contribution in [0, 0.1) is 0 Å². The molecule has 4 heterocycles. The molecule has 0 atom stereocenters. The van der Waals surface area contributed by atoms with Gasteiger partial charge in [0, 0.05) is 24.8 Å². The van der Waals surface area contributed by atoms with Crippen molar-refractivity contribution in [2.45, 2.75) is 6.54 Å². The van der Waals surface area contributed by atoms with Crippen molar-refractivity contribution in [3.8, 4) is 28.5 Å². The van der Waals surface area contributed by atoms with Gasteiger partial charge in [0.15, 0.2) is 0 Å². The fourth-order valence-electron chi connectivity index (χ4n) is 2.37. The van der Waals surface area contributed by atoms with E-state index in [-0.39, 0.29) is 0 Å². The van der Waals surface area contributed by atoms with Crippen LogP contribution in [0.3, 0.4) is 0 Å². The molecule has 98 valence electrons. The molecule has 0 aromatic carbocycles. The summed E-state index contributed by atoms with van der Waals surface area (Å²) in [5.74, 6) is 1.71. The quantitative estimate of drug-likeness (QED) is 0.677. The molecule has 0 spiro atoms. The van der Waals surface area contributed by atoms with E-state index in [1.807, 2.05) is 30.5 Å². The molecule has 0 bridgehead atoms. The molecule has 0 aliphatic carbocycles. The SMILES string of the molecule is c1ccc(-c2cn3c(n2)-c2cnccc2OCC3)nc1. The summed E-state index contributed by atoms with van der Waals surface area (Å²) in [5.41, 5.74) is 2.67. The van der Waals surface area contributed by atoms with Crippen LogP contribution in [-0.2, 0) is 6.54 Å². The van der Waals surface area contributed by atoms with E-state index in [9.17, 15) is 0 Å². The summed E-state index contributed by atoms with van der Waals surface area (Å²) >= 11 is 0. The second-order valence-corrected chi connectivity index (χ2v) is 4.58. The lowest BCUT2D eigenvalue weighted by Crippen LogP contribution is -2.04. The molecular formula is C15H12N4O. The lowest BCUT2D eigenvalue weighted by atomic mass is 10.2. The summed E-state index contributed by atoms with van der Waals surface area (Å²) in [6.07, 6.45) is 7.32. The highest BCUT2D eigenvalue weighted by molar-refractivity contribution is 5.67. The molecular weight excluding hydrogens is 252 g/mol. The summed E-state index contributed by atoms with van der Waals surface area (Å²) in [7, 11) is 0. The van der Waals surface area contributed by atoms with Crippen molar-refractivity contribution >= 4 is 0 Å². The number of hydrogen-bond acceptors (Lipinski definition) is 4. The van der Waals surface area contributed by atoms with Gasteiger partial charge in [-0.05, 0) is 18.2 Å². The predicted molar refractivity (Wildman–Crippen MR) is 74.2 cm³/mol. The van der Waals surface area contributed by atoms with E-state index in [1.54, 1.807) is 18.6 Å². The Bertz CT molecular complexity index is 752. The zero-order valence-corrected chi connectivity index (χ0v) is 10.7. The number of pyridine rings is 2. The Balaban J connectivity index is 1.88. The molecule has 3 aromatic heterocycles. The van der Waals surface area contributed by atoms with Gasteiger partial charge in [-0.1, -0.05) is 6.07 Å². The van der Waals surface area contributed by atoms with E-state index in [0.717, 1.165) is 35.1 Å². The molecule has 0 saturated carbocycles. The molecule has 20 heavy (non-hydrogen) atoms. The van der Waals surface area contributed by atoms with Gasteiger partial charge in [-0.2, -0.15) is 0 Å². The standard InChI is InChI=1S/C15H12N4O/c1-2-5-17-12(3-1)13-10-19-7-8-20-14-4-6-16-9-11(14)15(19)18-13/h1-6,9-10H,7-8H2. The maximum absolute atomic E-state index is 5.72. The van der Waals surface area contributed by atoms with Crippen LogP contribution in [0.2, 0.25) is 0 Å². The van der Waals surface area contributed by atoms with Gasteiger partial charge >= 0.3 is 0 Å². The van der Waals surface area contributed by atoms with Crippen LogP contribution in [0.5, 0.6) is 5.75 Å². The molecule has 1 aliphatic rings. The Morgan fingerprint density at radius 3 is 3.00 bits per heavy atom. The average Bonchev–Trinajstić information content (AvgIpc) is 2.85. The fraction of sp³-hybridized carbons (Fsp3) is 0.133. The first-order valence-corrected chi connectivity index (χ1v) is 6.47. The lowest BCUT2D eigenvalue weighted by Gasteiger charge is -2.03. The highest BCUT2D eigenvalue weighted by atomic mass is 16.5. The Labute approximate surface area is 115 Å². The third-order valence-corrected chi connectivity index (χ3v) is 3.32. The van der Waals surface area contributed by atoms with Gasteiger partial charge in [-0.25, -0.2) is 4.98 Å². The minimum atomic E-state index is 0.627. The summed E-state index contributed by atoms with van der Waals surface area (Å²) in [5, 5.41) is 0. The second kappa shape index (κ2) is 4.45. The van der Waals surface area contributed by atoms with Crippen LogP contribution in [-0.4, -0.2) is 26.1 Å². The van der Waals surface area contributed by atoms with E-state index >= 15 is 0 Å². The van der Waals surface area contributed by atoms with Gasteiger partial charge in [-0.3, -0.25) is 9.97 Å². The zero-order valence-electron chi connectivity index (χ0n) is 10.7. The lowest BCUT2D eigenvalue weighted by molar-refractivity contribution is 0.306.